The van der Waals surface area contributed by atoms with E-state index in [1.54, 1.807) is 0 Å². The molecule has 3 rings (SSSR count). The van der Waals surface area contributed by atoms with Crippen molar-refractivity contribution in [1.29, 1.82) is 0 Å². The third-order valence-electron chi connectivity index (χ3n) is 6.13. The maximum atomic E-state index is 10.6. The molecule has 0 aromatic heterocycles. The van der Waals surface area contributed by atoms with Gasteiger partial charge in [-0.15, -0.1) is 0 Å². The van der Waals surface area contributed by atoms with E-state index in [1.165, 1.54) is 0 Å². The largest absolute Gasteiger partial charge is 0.394 e. The van der Waals surface area contributed by atoms with Crippen molar-refractivity contribution in [3.05, 3.63) is 0 Å². The number of ether oxygens (including phenoxy) is 4. The second-order valence-electron chi connectivity index (χ2n) is 8.30. The van der Waals surface area contributed by atoms with E-state index in [9.17, 15) is 30.6 Å². The van der Waals surface area contributed by atoms with Gasteiger partial charge in [-0.25, -0.2) is 0 Å². The molecule has 0 aromatic carbocycles. The maximum absolute atomic E-state index is 10.6. The summed E-state index contributed by atoms with van der Waals surface area (Å²) in [5.41, 5.74) is 23.6. The third-order valence-corrected chi connectivity index (χ3v) is 6.13. The van der Waals surface area contributed by atoms with Crippen LogP contribution in [-0.4, -0.2) is 129 Å². The van der Waals surface area contributed by atoms with Gasteiger partial charge in [0.05, 0.1) is 18.8 Å². The fourth-order valence-electron chi connectivity index (χ4n) is 4.16. The van der Waals surface area contributed by atoms with Gasteiger partial charge in [-0.05, 0) is 6.42 Å². The molecule has 14 nitrogen and oxygen atoms in total. The summed E-state index contributed by atoms with van der Waals surface area (Å²) in [6.07, 6.45) is -13.8. The lowest BCUT2D eigenvalue weighted by molar-refractivity contribution is -0.306. The summed E-state index contributed by atoms with van der Waals surface area (Å²) in [6, 6.07) is -2.72. The molecule has 14 atom stereocenters. The minimum Gasteiger partial charge on any atom is -0.394 e. The molecule has 14 N–H and O–H groups in total. The molecule has 31 heavy (non-hydrogen) atoms. The zero-order chi connectivity index (χ0) is 23.0. The lowest BCUT2D eigenvalue weighted by Crippen LogP contribution is -2.68. The molecule has 2 heterocycles. The van der Waals surface area contributed by atoms with E-state index in [-0.39, 0.29) is 13.0 Å². The summed E-state index contributed by atoms with van der Waals surface area (Å²) < 4.78 is 22.5. The van der Waals surface area contributed by atoms with E-state index < -0.39 is 92.2 Å². The molecule has 0 spiro atoms. The van der Waals surface area contributed by atoms with E-state index in [2.05, 4.69) is 0 Å². The Kier molecular flexibility index (Phi) is 8.21. The van der Waals surface area contributed by atoms with Crippen molar-refractivity contribution >= 4 is 0 Å². The van der Waals surface area contributed by atoms with Crippen LogP contribution in [0.5, 0.6) is 0 Å². The number of aliphatic hydroxyl groups is 6. The van der Waals surface area contributed by atoms with E-state index in [1.807, 2.05) is 0 Å². The van der Waals surface area contributed by atoms with E-state index in [4.69, 9.17) is 41.9 Å². The summed E-state index contributed by atoms with van der Waals surface area (Å²) >= 11 is 0. The summed E-state index contributed by atoms with van der Waals surface area (Å²) in [7, 11) is 0. The Morgan fingerprint density at radius 3 is 1.87 bits per heavy atom. The van der Waals surface area contributed by atoms with Crippen LogP contribution < -0.4 is 22.9 Å². The quantitative estimate of drug-likeness (QED) is 0.179. The first kappa shape index (κ1) is 25.1. The molecule has 0 bridgehead atoms. The number of rotatable bonds is 6. The molecule has 0 radical (unpaired) electrons. The molecule has 3 fully saturated rings. The predicted octanol–water partition coefficient (Wildman–Crippen LogP) is -6.65. The molecule has 0 unspecified atom stereocenters. The zero-order valence-electron chi connectivity index (χ0n) is 16.8. The predicted molar refractivity (Wildman–Crippen MR) is 102 cm³/mol. The highest BCUT2D eigenvalue weighted by Crippen LogP contribution is 2.31. The van der Waals surface area contributed by atoms with Crippen molar-refractivity contribution in [3.8, 4) is 0 Å². The molecular formula is C17H34N4O10. The van der Waals surface area contributed by atoms with Gasteiger partial charge in [0.25, 0.3) is 0 Å². The molecule has 1 saturated carbocycles. The Labute approximate surface area is 178 Å². The van der Waals surface area contributed by atoms with Crippen LogP contribution in [-0.2, 0) is 18.9 Å². The Morgan fingerprint density at radius 2 is 1.29 bits per heavy atom. The Bertz CT molecular complexity index is 591. The number of hydrogen-bond acceptors (Lipinski definition) is 14. The third kappa shape index (κ3) is 4.87. The molecule has 0 amide bonds. The fraction of sp³-hybridized carbons (Fsp3) is 1.00. The molecule has 2 saturated heterocycles. The highest BCUT2D eigenvalue weighted by atomic mass is 16.7. The lowest BCUT2D eigenvalue weighted by atomic mass is 9.84. The number of hydrogen-bond donors (Lipinski definition) is 10. The van der Waals surface area contributed by atoms with Crippen LogP contribution in [0, 0.1) is 0 Å². The van der Waals surface area contributed by atoms with Gasteiger partial charge in [0.1, 0.15) is 48.8 Å². The van der Waals surface area contributed by atoms with Crippen LogP contribution in [0.3, 0.4) is 0 Å². The second kappa shape index (κ2) is 10.1. The van der Waals surface area contributed by atoms with Crippen molar-refractivity contribution in [2.45, 2.75) is 92.1 Å². The molecule has 182 valence electrons. The Hall–Kier alpha value is -0.560. The van der Waals surface area contributed by atoms with Gasteiger partial charge in [-0.2, -0.15) is 0 Å². The van der Waals surface area contributed by atoms with Crippen molar-refractivity contribution in [3.63, 3.8) is 0 Å². The van der Waals surface area contributed by atoms with Gasteiger partial charge in [0.2, 0.25) is 0 Å². The van der Waals surface area contributed by atoms with Gasteiger partial charge in [0, 0.05) is 18.6 Å². The van der Waals surface area contributed by atoms with Crippen LogP contribution in [0.4, 0.5) is 0 Å². The summed E-state index contributed by atoms with van der Waals surface area (Å²) in [5.74, 6) is 0. The first-order valence-corrected chi connectivity index (χ1v) is 10.2. The Balaban J connectivity index is 1.78. The smallest absolute Gasteiger partial charge is 0.187 e. The SMILES string of the molecule is NC[C@H]1O[C@H](O[C@H]2[C@H](O[C@@H]3O[C@H](CO)[C@@H](O)[C@H]3O)[C@@H](O)[C@H](N)C[C@@H]2N)[C@H](N)[C@@H](O)[C@@H]1O. The van der Waals surface area contributed by atoms with Crippen molar-refractivity contribution in [1.82, 2.24) is 0 Å². The van der Waals surface area contributed by atoms with Crippen molar-refractivity contribution in [2.24, 2.45) is 22.9 Å². The normalized spacial score (nSPS) is 53.6. The van der Waals surface area contributed by atoms with E-state index >= 15 is 0 Å². The van der Waals surface area contributed by atoms with E-state index in [0.717, 1.165) is 0 Å². The van der Waals surface area contributed by atoms with Crippen LogP contribution in [0.15, 0.2) is 0 Å². The van der Waals surface area contributed by atoms with Gasteiger partial charge in [0.15, 0.2) is 12.6 Å². The maximum Gasteiger partial charge on any atom is 0.187 e. The van der Waals surface area contributed by atoms with Crippen LogP contribution >= 0.6 is 0 Å². The highest BCUT2D eigenvalue weighted by Gasteiger charge is 2.52. The average molecular weight is 454 g/mol. The topological polar surface area (TPSA) is 262 Å². The second-order valence-corrected chi connectivity index (χ2v) is 8.30. The Morgan fingerprint density at radius 1 is 0.710 bits per heavy atom. The summed E-state index contributed by atoms with van der Waals surface area (Å²) in [5, 5.41) is 60.2. The minimum atomic E-state index is -1.51. The van der Waals surface area contributed by atoms with Gasteiger partial charge in [-0.1, -0.05) is 0 Å². The van der Waals surface area contributed by atoms with Crippen LogP contribution in [0.25, 0.3) is 0 Å². The van der Waals surface area contributed by atoms with Crippen LogP contribution in [0.2, 0.25) is 0 Å². The van der Waals surface area contributed by atoms with Gasteiger partial charge in [-0.3, -0.25) is 0 Å². The molecule has 0 aromatic rings. The fourth-order valence-corrected chi connectivity index (χ4v) is 4.16. The average Bonchev–Trinajstić information content (AvgIpc) is 3.02. The van der Waals surface area contributed by atoms with E-state index in [0.29, 0.717) is 0 Å². The molecule has 1 aliphatic carbocycles. The molecule has 3 aliphatic rings. The highest BCUT2D eigenvalue weighted by molar-refractivity contribution is 5.01. The van der Waals surface area contributed by atoms with Gasteiger partial charge < -0.3 is 72.5 Å². The zero-order valence-corrected chi connectivity index (χ0v) is 16.8. The van der Waals surface area contributed by atoms with Crippen molar-refractivity contribution in [2.75, 3.05) is 13.2 Å². The van der Waals surface area contributed by atoms with Crippen molar-refractivity contribution < 1.29 is 49.6 Å². The monoisotopic (exact) mass is 454 g/mol. The molecular weight excluding hydrogens is 420 g/mol. The first-order chi connectivity index (χ1) is 14.6. The summed E-state index contributed by atoms with van der Waals surface area (Å²) in [6.45, 7) is -0.673. The van der Waals surface area contributed by atoms with Gasteiger partial charge >= 0.3 is 0 Å². The lowest BCUT2D eigenvalue weighted by Gasteiger charge is -2.47. The summed E-state index contributed by atoms with van der Waals surface area (Å²) in [4.78, 5) is 0. The molecule has 14 heteroatoms. The minimum absolute atomic E-state index is 0.114. The first-order valence-electron chi connectivity index (χ1n) is 10.2. The standard InChI is InChI=1S/C17H34N4O10/c18-2-6-10(24)12(26)8(21)16(28-6)30-14-5(20)1-4(19)9(23)15(14)31-17-13(27)11(25)7(3-22)29-17/h4-17,22-27H,1-3,18-21H2/t4-,5+,6-,7-,8-,9+,10-,11-,12-,13-,14-,15-,16-,17+/m1/s1. The van der Waals surface area contributed by atoms with Crippen LogP contribution in [0.1, 0.15) is 6.42 Å². The molecule has 2 aliphatic heterocycles. The number of aliphatic hydroxyl groups excluding tert-OH is 6. The number of nitrogens with two attached hydrogens (primary N) is 4.